The summed E-state index contributed by atoms with van der Waals surface area (Å²) in [5, 5.41) is 14.7. The van der Waals surface area contributed by atoms with Crippen LogP contribution < -0.4 is 0 Å². The molecular weight excluding hydrogens is 346 g/mol. The number of aromatic nitrogens is 2. The van der Waals surface area contributed by atoms with E-state index in [9.17, 15) is 9.59 Å². The van der Waals surface area contributed by atoms with E-state index in [2.05, 4.69) is 5.10 Å². The third-order valence-electron chi connectivity index (χ3n) is 4.85. The molecule has 0 unspecified atom stereocenters. The van der Waals surface area contributed by atoms with Gasteiger partial charge in [0.25, 0.3) is 11.8 Å². The maximum absolute atomic E-state index is 13.0. The molecule has 1 atom stereocenters. The second-order valence-electron chi connectivity index (χ2n) is 6.64. The topological polar surface area (TPSA) is 91.5 Å². The Morgan fingerprint density at radius 1 is 1.26 bits per heavy atom. The highest BCUT2D eigenvalue weighted by Crippen LogP contribution is 2.25. The maximum atomic E-state index is 13.0. The molecule has 0 bridgehead atoms. The van der Waals surface area contributed by atoms with Gasteiger partial charge in [-0.3, -0.25) is 19.1 Å². The minimum atomic E-state index is -0.620. The van der Waals surface area contributed by atoms with E-state index in [-0.39, 0.29) is 18.4 Å². The fraction of sp³-hybridized carbons (Fsp3) is 0.368. The van der Waals surface area contributed by atoms with Gasteiger partial charge < -0.3 is 4.90 Å². The summed E-state index contributed by atoms with van der Waals surface area (Å²) in [6, 6.07) is 9.82. The first-order chi connectivity index (χ1) is 13.2. The smallest absolute Gasteiger partial charge is 0.272 e. The summed E-state index contributed by atoms with van der Waals surface area (Å²) in [7, 11) is 0. The number of hydrogen-bond donors (Lipinski definition) is 0. The third-order valence-corrected chi connectivity index (χ3v) is 4.85. The number of hydrogen-bond acceptors (Lipinski definition) is 5. The predicted octanol–water partition coefficient (Wildman–Crippen LogP) is 1.51. The summed E-state index contributed by atoms with van der Waals surface area (Å²) >= 11 is 0. The molecule has 0 saturated carbocycles. The lowest BCUT2D eigenvalue weighted by Crippen LogP contribution is -2.49. The first kappa shape index (κ1) is 17.2. The first-order valence-electron chi connectivity index (χ1n) is 8.93. The van der Waals surface area contributed by atoms with Gasteiger partial charge in [0, 0.05) is 18.3 Å². The largest absolute Gasteiger partial charge is 0.330 e. The quantitative estimate of drug-likeness (QED) is 0.804. The van der Waals surface area contributed by atoms with Gasteiger partial charge in [0.05, 0.1) is 37.0 Å². The highest BCUT2D eigenvalue weighted by Gasteiger charge is 2.36. The lowest BCUT2D eigenvalue weighted by Gasteiger charge is -2.36. The van der Waals surface area contributed by atoms with Crippen molar-refractivity contribution in [2.45, 2.75) is 25.4 Å². The van der Waals surface area contributed by atoms with E-state index in [0.717, 1.165) is 18.5 Å². The van der Waals surface area contributed by atoms with E-state index in [1.54, 1.807) is 40.0 Å². The number of amides is 2. The highest BCUT2D eigenvalue weighted by atomic mass is 16.7. The van der Waals surface area contributed by atoms with Crippen molar-refractivity contribution < 1.29 is 14.4 Å². The van der Waals surface area contributed by atoms with Crippen LogP contribution in [-0.4, -0.2) is 51.3 Å². The molecule has 1 aromatic heterocycles. The molecule has 0 radical (unpaired) electrons. The Hall–Kier alpha value is -3.18. The Balaban J connectivity index is 1.60. The van der Waals surface area contributed by atoms with Crippen LogP contribution in [0.5, 0.6) is 0 Å². The lowest BCUT2D eigenvalue weighted by molar-refractivity contribution is -0.201. The van der Waals surface area contributed by atoms with E-state index < -0.39 is 6.04 Å². The van der Waals surface area contributed by atoms with E-state index in [0.29, 0.717) is 30.8 Å². The van der Waals surface area contributed by atoms with Gasteiger partial charge >= 0.3 is 0 Å². The summed E-state index contributed by atoms with van der Waals surface area (Å²) in [6.45, 7) is 1.64. The van der Waals surface area contributed by atoms with E-state index in [1.807, 2.05) is 12.1 Å². The van der Waals surface area contributed by atoms with Crippen LogP contribution in [0.25, 0.3) is 0 Å². The van der Waals surface area contributed by atoms with Crippen molar-refractivity contribution in [3.8, 4) is 6.07 Å². The molecule has 1 saturated heterocycles. The van der Waals surface area contributed by atoms with Crippen LogP contribution in [0.4, 0.5) is 0 Å². The molecule has 0 spiro atoms. The van der Waals surface area contributed by atoms with Gasteiger partial charge in [-0.2, -0.15) is 10.4 Å². The molecule has 1 fully saturated rings. The number of fused-ring (bicyclic) bond motifs is 1. The number of carbonyl (C=O) groups is 2. The Morgan fingerprint density at radius 3 is 2.93 bits per heavy atom. The van der Waals surface area contributed by atoms with E-state index >= 15 is 0 Å². The summed E-state index contributed by atoms with van der Waals surface area (Å²) in [6.07, 6.45) is 3.46. The van der Waals surface area contributed by atoms with Gasteiger partial charge in [-0.15, -0.1) is 0 Å². The Morgan fingerprint density at radius 2 is 2.15 bits per heavy atom. The van der Waals surface area contributed by atoms with Crippen molar-refractivity contribution in [1.29, 1.82) is 5.26 Å². The van der Waals surface area contributed by atoms with Crippen LogP contribution in [0.2, 0.25) is 0 Å². The Bertz CT molecular complexity index is 910. The van der Waals surface area contributed by atoms with Crippen molar-refractivity contribution in [3.63, 3.8) is 0 Å². The molecule has 0 aliphatic carbocycles. The molecule has 0 N–H and O–H groups in total. The molecule has 8 nitrogen and oxygen atoms in total. The fourth-order valence-corrected chi connectivity index (χ4v) is 3.47. The maximum Gasteiger partial charge on any atom is 0.272 e. The molecule has 3 heterocycles. The monoisotopic (exact) mass is 365 g/mol. The van der Waals surface area contributed by atoms with Gasteiger partial charge in [-0.1, -0.05) is 6.07 Å². The van der Waals surface area contributed by atoms with Crippen LogP contribution in [0.3, 0.4) is 0 Å². The molecule has 1 aromatic carbocycles. The second-order valence-corrected chi connectivity index (χ2v) is 6.64. The number of nitriles is 1. The molecule has 2 aromatic rings. The van der Waals surface area contributed by atoms with Crippen molar-refractivity contribution >= 4 is 11.8 Å². The van der Waals surface area contributed by atoms with Crippen LogP contribution in [-0.2, 0) is 16.2 Å². The number of nitrogens with zero attached hydrogens (tertiary/aromatic N) is 5. The number of hydroxylamine groups is 2. The fourth-order valence-electron chi connectivity index (χ4n) is 3.47. The Kier molecular flexibility index (Phi) is 4.60. The molecule has 27 heavy (non-hydrogen) atoms. The van der Waals surface area contributed by atoms with E-state index in [4.69, 9.17) is 10.1 Å². The zero-order valence-electron chi connectivity index (χ0n) is 14.7. The zero-order chi connectivity index (χ0) is 18.8. The minimum Gasteiger partial charge on any atom is -0.330 e. The number of rotatable bonds is 2. The molecule has 4 rings (SSSR count). The molecule has 8 heteroatoms. The first-order valence-corrected chi connectivity index (χ1v) is 8.93. The average molecular weight is 365 g/mol. The minimum absolute atomic E-state index is 0.192. The predicted molar refractivity (Wildman–Crippen MR) is 94.1 cm³/mol. The van der Waals surface area contributed by atoms with Crippen molar-refractivity contribution in [3.05, 3.63) is 53.3 Å². The van der Waals surface area contributed by atoms with Crippen molar-refractivity contribution in [2.75, 3.05) is 19.7 Å². The van der Waals surface area contributed by atoms with Crippen molar-refractivity contribution in [2.24, 2.45) is 0 Å². The van der Waals surface area contributed by atoms with Gasteiger partial charge in [0.2, 0.25) is 0 Å². The third kappa shape index (κ3) is 3.29. The molecule has 2 aliphatic rings. The lowest BCUT2D eigenvalue weighted by atomic mass is 10.1. The summed E-state index contributed by atoms with van der Waals surface area (Å²) in [4.78, 5) is 33.1. The summed E-state index contributed by atoms with van der Waals surface area (Å²) < 4.78 is 1.68. The average Bonchev–Trinajstić information content (AvgIpc) is 3.21. The van der Waals surface area contributed by atoms with Gasteiger partial charge in [-0.25, -0.2) is 5.06 Å². The molecule has 138 valence electrons. The van der Waals surface area contributed by atoms with Crippen LogP contribution in [0, 0.1) is 11.3 Å². The van der Waals surface area contributed by atoms with Gasteiger partial charge in [-0.05, 0) is 37.1 Å². The van der Waals surface area contributed by atoms with Crippen LogP contribution >= 0.6 is 0 Å². The molecule has 2 amide bonds. The molecule has 2 aliphatic heterocycles. The van der Waals surface area contributed by atoms with Crippen molar-refractivity contribution in [1.82, 2.24) is 19.7 Å². The van der Waals surface area contributed by atoms with Crippen LogP contribution in [0.1, 0.15) is 40.5 Å². The standard InChI is InChI=1S/C19H19N5O3/c20-11-14-4-3-5-15(10-14)18(25)22-12-16-6-7-21-24(16)17(13-22)19(26)23-8-1-2-9-27-23/h3-7,10,17H,1-2,8-9,12-13H2/t17-/m1/s1. The zero-order valence-corrected chi connectivity index (χ0v) is 14.7. The Labute approximate surface area is 156 Å². The van der Waals surface area contributed by atoms with Gasteiger partial charge in [0.1, 0.15) is 0 Å². The van der Waals surface area contributed by atoms with E-state index in [1.165, 1.54) is 5.06 Å². The summed E-state index contributed by atoms with van der Waals surface area (Å²) in [5.41, 5.74) is 1.65. The van der Waals surface area contributed by atoms with Crippen LogP contribution in [0.15, 0.2) is 36.5 Å². The summed E-state index contributed by atoms with van der Waals surface area (Å²) in [5.74, 6) is -0.403. The van der Waals surface area contributed by atoms with Gasteiger partial charge in [0.15, 0.2) is 6.04 Å². The molecular formula is C19H19N5O3. The highest BCUT2D eigenvalue weighted by molar-refractivity contribution is 5.95. The SMILES string of the molecule is N#Cc1cccc(C(=O)N2Cc3ccnn3[C@@H](C(=O)N3CCCCO3)C2)c1. The number of benzene rings is 1. The second kappa shape index (κ2) is 7.21. The number of carbonyl (C=O) groups excluding carboxylic acids is 2. The normalized spacial score (nSPS) is 19.3.